The molecule has 0 fully saturated rings. The van der Waals surface area contributed by atoms with Crippen molar-refractivity contribution < 1.29 is 18.1 Å². The van der Waals surface area contributed by atoms with Crippen LogP contribution in [0.25, 0.3) is 11.3 Å². The van der Waals surface area contributed by atoms with E-state index in [4.69, 9.17) is 0 Å². The lowest BCUT2D eigenvalue weighted by atomic mass is 10.1. The number of nitro benzene ring substituents is 1. The number of carbonyl (C=O) groups is 1. The van der Waals surface area contributed by atoms with Crippen molar-refractivity contribution in [1.82, 2.24) is 4.98 Å². The highest BCUT2D eigenvalue weighted by atomic mass is 32.2. The summed E-state index contributed by atoms with van der Waals surface area (Å²) in [6.07, 6.45) is 0.875. The summed E-state index contributed by atoms with van der Waals surface area (Å²) >= 11 is 1.28. The molecule has 0 saturated carbocycles. The quantitative estimate of drug-likeness (QED) is 0.482. The normalized spacial score (nSPS) is 11.3. The summed E-state index contributed by atoms with van der Waals surface area (Å²) in [5.74, 6) is -0.614. The number of anilines is 1. The van der Waals surface area contributed by atoms with Crippen LogP contribution < -0.4 is 5.32 Å². The van der Waals surface area contributed by atoms with Gasteiger partial charge in [0.1, 0.15) is 4.90 Å². The molecule has 1 heterocycles. The Morgan fingerprint density at radius 1 is 1.14 bits per heavy atom. The Balaban J connectivity index is 1.89. The van der Waals surface area contributed by atoms with E-state index in [1.165, 1.54) is 17.4 Å². The molecule has 3 rings (SSSR count). The van der Waals surface area contributed by atoms with E-state index in [1.807, 2.05) is 38.1 Å². The van der Waals surface area contributed by atoms with Gasteiger partial charge in [0.25, 0.3) is 11.6 Å². The molecule has 1 N–H and O–H groups in total. The number of rotatable bonds is 5. The summed E-state index contributed by atoms with van der Waals surface area (Å²) in [5, 5.41) is 14.2. The standard InChI is InChI=1S/C19H17N3O5S2/c1-11-4-6-13(7-5-11)17-12(2)28-19(20-17)21-18(23)14-8-9-16(29(3,26)27)15(10-14)22(24)25/h4-10H,1-3H3,(H,20,21,23). The number of nitrogens with one attached hydrogen (secondary N) is 1. The Kier molecular flexibility index (Phi) is 5.49. The van der Waals surface area contributed by atoms with Gasteiger partial charge in [0.15, 0.2) is 15.0 Å². The van der Waals surface area contributed by atoms with E-state index in [-0.39, 0.29) is 5.56 Å². The van der Waals surface area contributed by atoms with E-state index in [0.29, 0.717) is 5.13 Å². The maximum Gasteiger partial charge on any atom is 0.288 e. The molecule has 0 radical (unpaired) electrons. The zero-order valence-corrected chi connectivity index (χ0v) is 17.4. The topological polar surface area (TPSA) is 119 Å². The Hall–Kier alpha value is -3.11. The summed E-state index contributed by atoms with van der Waals surface area (Å²) in [6.45, 7) is 3.87. The first-order valence-corrected chi connectivity index (χ1v) is 11.1. The molecule has 0 unspecified atom stereocenters. The number of benzene rings is 2. The highest BCUT2D eigenvalue weighted by molar-refractivity contribution is 7.90. The minimum atomic E-state index is -3.80. The molecule has 0 atom stereocenters. The second kappa shape index (κ2) is 7.72. The smallest absolute Gasteiger partial charge is 0.288 e. The maximum absolute atomic E-state index is 12.5. The van der Waals surface area contributed by atoms with Gasteiger partial charge in [0, 0.05) is 28.3 Å². The number of nitro groups is 1. The van der Waals surface area contributed by atoms with Gasteiger partial charge in [-0.05, 0) is 26.0 Å². The first-order chi connectivity index (χ1) is 13.6. The molecule has 0 aliphatic heterocycles. The van der Waals surface area contributed by atoms with Crippen molar-refractivity contribution in [2.24, 2.45) is 0 Å². The molecule has 0 bridgehead atoms. The third kappa shape index (κ3) is 4.49. The zero-order valence-electron chi connectivity index (χ0n) is 15.8. The number of sulfone groups is 1. The molecule has 150 valence electrons. The maximum atomic E-state index is 12.5. The third-order valence-electron chi connectivity index (χ3n) is 4.16. The summed E-state index contributed by atoms with van der Waals surface area (Å²) in [5.41, 5.74) is 2.10. The van der Waals surface area contributed by atoms with E-state index < -0.39 is 31.3 Å². The number of aryl methyl sites for hydroxylation is 2. The average Bonchev–Trinajstić information content (AvgIpc) is 3.01. The van der Waals surface area contributed by atoms with Crippen LogP contribution in [0.1, 0.15) is 20.8 Å². The monoisotopic (exact) mass is 431 g/mol. The first-order valence-electron chi connectivity index (χ1n) is 8.40. The number of hydrogen-bond donors (Lipinski definition) is 1. The number of carbonyl (C=O) groups excluding carboxylic acids is 1. The van der Waals surface area contributed by atoms with Gasteiger partial charge in [0.2, 0.25) is 0 Å². The van der Waals surface area contributed by atoms with Gasteiger partial charge in [0.05, 0.1) is 10.6 Å². The predicted molar refractivity (Wildman–Crippen MR) is 111 cm³/mol. The van der Waals surface area contributed by atoms with Gasteiger partial charge in [-0.3, -0.25) is 20.2 Å². The van der Waals surface area contributed by atoms with Crippen molar-refractivity contribution in [1.29, 1.82) is 0 Å². The van der Waals surface area contributed by atoms with Gasteiger partial charge in [-0.25, -0.2) is 13.4 Å². The van der Waals surface area contributed by atoms with E-state index in [2.05, 4.69) is 10.3 Å². The lowest BCUT2D eigenvalue weighted by Gasteiger charge is -2.05. The van der Waals surface area contributed by atoms with Crippen molar-refractivity contribution in [2.45, 2.75) is 18.7 Å². The predicted octanol–water partition coefficient (Wildman–Crippen LogP) is 3.99. The van der Waals surface area contributed by atoms with Crippen LogP contribution in [0.2, 0.25) is 0 Å². The van der Waals surface area contributed by atoms with Gasteiger partial charge >= 0.3 is 0 Å². The molecule has 0 aliphatic carbocycles. The van der Waals surface area contributed by atoms with Crippen molar-refractivity contribution in [2.75, 3.05) is 11.6 Å². The summed E-state index contributed by atoms with van der Waals surface area (Å²) in [6, 6.07) is 11.1. The van der Waals surface area contributed by atoms with Crippen LogP contribution in [-0.4, -0.2) is 30.5 Å². The molecular weight excluding hydrogens is 414 g/mol. The molecule has 3 aromatic rings. The van der Waals surface area contributed by atoms with Crippen molar-refractivity contribution >= 4 is 37.9 Å². The van der Waals surface area contributed by atoms with E-state index >= 15 is 0 Å². The van der Waals surface area contributed by atoms with Crippen LogP contribution in [0.4, 0.5) is 10.8 Å². The largest absolute Gasteiger partial charge is 0.298 e. The Labute approximate surface area is 171 Å². The number of amides is 1. The van der Waals surface area contributed by atoms with Crippen LogP contribution in [-0.2, 0) is 9.84 Å². The van der Waals surface area contributed by atoms with Gasteiger partial charge < -0.3 is 0 Å². The second-order valence-corrected chi connectivity index (χ2v) is 9.64. The third-order valence-corrected chi connectivity index (χ3v) is 6.19. The molecule has 1 aromatic heterocycles. The number of thiazole rings is 1. The molecular formula is C19H17N3O5S2. The number of aromatic nitrogens is 1. The van der Waals surface area contributed by atoms with Gasteiger partial charge in [-0.15, -0.1) is 11.3 Å². The molecule has 10 heteroatoms. The van der Waals surface area contributed by atoms with Crippen LogP contribution in [0.5, 0.6) is 0 Å². The first kappa shape index (κ1) is 20.6. The Bertz CT molecular complexity index is 1220. The van der Waals surface area contributed by atoms with E-state index in [1.54, 1.807) is 0 Å². The molecule has 0 spiro atoms. The minimum Gasteiger partial charge on any atom is -0.298 e. The zero-order chi connectivity index (χ0) is 21.3. The fraction of sp³-hybridized carbons (Fsp3) is 0.158. The van der Waals surface area contributed by atoms with Crippen molar-refractivity contribution in [3.8, 4) is 11.3 Å². The van der Waals surface area contributed by atoms with Crippen LogP contribution in [0, 0.1) is 24.0 Å². The van der Waals surface area contributed by atoms with E-state index in [0.717, 1.165) is 40.1 Å². The molecule has 8 nitrogen and oxygen atoms in total. The molecule has 1 amide bonds. The fourth-order valence-electron chi connectivity index (χ4n) is 2.71. The number of hydrogen-bond acceptors (Lipinski definition) is 7. The summed E-state index contributed by atoms with van der Waals surface area (Å²) in [4.78, 5) is 27.9. The van der Waals surface area contributed by atoms with E-state index in [9.17, 15) is 23.3 Å². The lowest BCUT2D eigenvalue weighted by Crippen LogP contribution is -2.13. The van der Waals surface area contributed by atoms with Gasteiger partial charge in [-0.1, -0.05) is 29.8 Å². The minimum absolute atomic E-state index is 0.0335. The Morgan fingerprint density at radius 3 is 2.38 bits per heavy atom. The van der Waals surface area contributed by atoms with Crippen molar-refractivity contribution in [3.05, 3.63) is 68.6 Å². The second-order valence-electron chi connectivity index (χ2n) is 6.46. The fourth-order valence-corrected chi connectivity index (χ4v) is 4.37. The Morgan fingerprint density at radius 2 is 1.79 bits per heavy atom. The summed E-state index contributed by atoms with van der Waals surface area (Å²) < 4.78 is 23.4. The molecule has 0 aliphatic rings. The average molecular weight is 431 g/mol. The SMILES string of the molecule is Cc1ccc(-c2nc(NC(=O)c3ccc(S(C)(=O)=O)c([N+](=O)[O-])c3)sc2C)cc1. The highest BCUT2D eigenvalue weighted by Gasteiger charge is 2.24. The molecule has 29 heavy (non-hydrogen) atoms. The van der Waals surface area contributed by atoms with Gasteiger partial charge in [-0.2, -0.15) is 0 Å². The highest BCUT2D eigenvalue weighted by Crippen LogP contribution is 2.31. The van der Waals surface area contributed by atoms with Crippen LogP contribution in [0.3, 0.4) is 0 Å². The van der Waals surface area contributed by atoms with Crippen LogP contribution >= 0.6 is 11.3 Å². The number of nitrogens with zero attached hydrogens (tertiary/aromatic N) is 2. The summed E-state index contributed by atoms with van der Waals surface area (Å²) in [7, 11) is -3.80. The molecule has 2 aromatic carbocycles. The molecule has 0 saturated heterocycles. The van der Waals surface area contributed by atoms with Crippen molar-refractivity contribution in [3.63, 3.8) is 0 Å². The lowest BCUT2D eigenvalue weighted by molar-refractivity contribution is -0.387. The van der Waals surface area contributed by atoms with Crippen LogP contribution in [0.15, 0.2) is 47.4 Å².